The normalized spacial score (nSPS) is 15.1. The van der Waals surface area contributed by atoms with Gasteiger partial charge in [-0.05, 0) is 31.4 Å². The first-order valence-electron chi connectivity index (χ1n) is 5.55. The van der Waals surface area contributed by atoms with Crippen LogP contribution in [-0.4, -0.2) is 4.98 Å². The number of pyridine rings is 1. The Morgan fingerprint density at radius 3 is 2.43 bits per heavy atom. The monoisotopic (exact) mass is 191 g/mol. The molecule has 0 aliphatic heterocycles. The predicted octanol–water partition coefficient (Wildman–Crippen LogP) is 3.86. The predicted molar refractivity (Wildman–Crippen MR) is 61.5 cm³/mol. The standard InChI is InChI=1S/C13H21N/c1-5-9-13(4,6-2)12-8-7-11(3)10-14-12/h7-8,10H,5-6,9H2,1-4H3. The van der Waals surface area contributed by atoms with Crippen LogP contribution in [0.1, 0.15) is 51.3 Å². The summed E-state index contributed by atoms with van der Waals surface area (Å²) in [4.78, 5) is 4.54. The smallest absolute Gasteiger partial charge is 0.0462 e. The molecule has 1 rings (SSSR count). The van der Waals surface area contributed by atoms with Crippen LogP contribution in [0.2, 0.25) is 0 Å². The molecule has 0 saturated heterocycles. The molecule has 0 aliphatic carbocycles. The first kappa shape index (κ1) is 11.2. The lowest BCUT2D eigenvalue weighted by molar-refractivity contribution is 0.402. The van der Waals surface area contributed by atoms with Crippen LogP contribution >= 0.6 is 0 Å². The second kappa shape index (κ2) is 4.59. The molecule has 0 saturated carbocycles. The molecular weight excluding hydrogens is 170 g/mol. The fourth-order valence-electron chi connectivity index (χ4n) is 1.86. The molecule has 1 aromatic rings. The van der Waals surface area contributed by atoms with Crippen molar-refractivity contribution in [1.29, 1.82) is 0 Å². The van der Waals surface area contributed by atoms with Gasteiger partial charge < -0.3 is 0 Å². The Labute approximate surface area is 87.6 Å². The zero-order valence-corrected chi connectivity index (χ0v) is 9.80. The van der Waals surface area contributed by atoms with Gasteiger partial charge in [-0.1, -0.05) is 33.3 Å². The Morgan fingerprint density at radius 2 is 2.00 bits per heavy atom. The molecule has 0 fully saturated rings. The van der Waals surface area contributed by atoms with E-state index < -0.39 is 0 Å². The fraction of sp³-hybridized carbons (Fsp3) is 0.615. The van der Waals surface area contributed by atoms with Gasteiger partial charge in [-0.3, -0.25) is 4.98 Å². The summed E-state index contributed by atoms with van der Waals surface area (Å²) in [5, 5.41) is 0. The average molecular weight is 191 g/mol. The number of nitrogens with zero attached hydrogens (tertiary/aromatic N) is 1. The summed E-state index contributed by atoms with van der Waals surface area (Å²) in [6, 6.07) is 4.33. The van der Waals surface area contributed by atoms with Crippen molar-refractivity contribution < 1.29 is 0 Å². The molecule has 0 N–H and O–H groups in total. The van der Waals surface area contributed by atoms with Crippen LogP contribution in [0.25, 0.3) is 0 Å². The summed E-state index contributed by atoms with van der Waals surface area (Å²) in [6.07, 6.45) is 5.58. The van der Waals surface area contributed by atoms with Gasteiger partial charge in [-0.15, -0.1) is 0 Å². The summed E-state index contributed by atoms with van der Waals surface area (Å²) in [5.41, 5.74) is 2.75. The Hall–Kier alpha value is -0.850. The Balaban J connectivity index is 2.94. The van der Waals surface area contributed by atoms with Gasteiger partial charge in [0.05, 0.1) is 0 Å². The van der Waals surface area contributed by atoms with Crippen molar-refractivity contribution >= 4 is 0 Å². The van der Waals surface area contributed by atoms with Crippen molar-refractivity contribution in [3.05, 3.63) is 29.6 Å². The molecule has 1 heterocycles. The third-order valence-corrected chi connectivity index (χ3v) is 3.11. The molecule has 0 amide bonds. The summed E-state index contributed by atoms with van der Waals surface area (Å²) in [6.45, 7) is 8.88. The minimum Gasteiger partial charge on any atom is -0.260 e. The van der Waals surface area contributed by atoms with E-state index in [0.29, 0.717) is 0 Å². The molecule has 14 heavy (non-hydrogen) atoms. The molecule has 0 spiro atoms. The Morgan fingerprint density at radius 1 is 1.29 bits per heavy atom. The highest BCUT2D eigenvalue weighted by Gasteiger charge is 2.24. The Bertz CT molecular complexity index is 276. The van der Waals surface area contributed by atoms with E-state index in [4.69, 9.17) is 0 Å². The summed E-state index contributed by atoms with van der Waals surface area (Å²) >= 11 is 0. The van der Waals surface area contributed by atoms with Gasteiger partial charge >= 0.3 is 0 Å². The van der Waals surface area contributed by atoms with Gasteiger partial charge in [-0.25, -0.2) is 0 Å². The minimum absolute atomic E-state index is 0.266. The van der Waals surface area contributed by atoms with E-state index in [9.17, 15) is 0 Å². The molecular formula is C13H21N. The van der Waals surface area contributed by atoms with E-state index >= 15 is 0 Å². The summed E-state index contributed by atoms with van der Waals surface area (Å²) in [5.74, 6) is 0. The zero-order valence-electron chi connectivity index (χ0n) is 9.80. The second-order valence-electron chi connectivity index (χ2n) is 4.39. The number of rotatable bonds is 4. The molecule has 1 heteroatoms. The molecule has 1 unspecified atom stereocenters. The van der Waals surface area contributed by atoms with E-state index in [1.165, 1.54) is 24.1 Å². The lowest BCUT2D eigenvalue weighted by Gasteiger charge is -2.27. The molecule has 78 valence electrons. The lowest BCUT2D eigenvalue weighted by Crippen LogP contribution is -2.21. The van der Waals surface area contributed by atoms with Crippen LogP contribution in [0.4, 0.5) is 0 Å². The van der Waals surface area contributed by atoms with Gasteiger partial charge in [-0.2, -0.15) is 0 Å². The fourth-order valence-corrected chi connectivity index (χ4v) is 1.86. The third-order valence-electron chi connectivity index (χ3n) is 3.11. The molecule has 1 nitrogen and oxygen atoms in total. The van der Waals surface area contributed by atoms with Gasteiger partial charge in [0.25, 0.3) is 0 Å². The lowest BCUT2D eigenvalue weighted by atomic mass is 9.79. The number of hydrogen-bond acceptors (Lipinski definition) is 1. The van der Waals surface area contributed by atoms with Crippen molar-refractivity contribution in [3.63, 3.8) is 0 Å². The van der Waals surface area contributed by atoms with Crippen LogP contribution in [0.3, 0.4) is 0 Å². The molecule has 0 aliphatic rings. The van der Waals surface area contributed by atoms with Crippen molar-refractivity contribution in [2.24, 2.45) is 0 Å². The maximum Gasteiger partial charge on any atom is 0.0462 e. The number of hydrogen-bond donors (Lipinski definition) is 0. The van der Waals surface area contributed by atoms with E-state index in [2.05, 4.69) is 44.8 Å². The molecule has 0 aromatic carbocycles. The minimum atomic E-state index is 0.266. The third kappa shape index (κ3) is 2.34. The molecule has 1 atom stereocenters. The van der Waals surface area contributed by atoms with E-state index in [1.807, 2.05) is 6.20 Å². The molecule has 1 aromatic heterocycles. The van der Waals surface area contributed by atoms with E-state index in [-0.39, 0.29) is 5.41 Å². The highest BCUT2D eigenvalue weighted by molar-refractivity contribution is 5.19. The van der Waals surface area contributed by atoms with Crippen LogP contribution in [0.5, 0.6) is 0 Å². The number of aryl methyl sites for hydroxylation is 1. The Kier molecular flexibility index (Phi) is 3.68. The summed E-state index contributed by atoms with van der Waals surface area (Å²) in [7, 11) is 0. The van der Waals surface area contributed by atoms with Crippen LogP contribution < -0.4 is 0 Å². The quantitative estimate of drug-likeness (QED) is 0.704. The highest BCUT2D eigenvalue weighted by atomic mass is 14.7. The van der Waals surface area contributed by atoms with Crippen molar-refractivity contribution in [2.75, 3.05) is 0 Å². The molecule has 0 radical (unpaired) electrons. The number of aromatic nitrogens is 1. The van der Waals surface area contributed by atoms with E-state index in [0.717, 1.165) is 6.42 Å². The largest absolute Gasteiger partial charge is 0.260 e. The topological polar surface area (TPSA) is 12.9 Å². The average Bonchev–Trinajstić information content (AvgIpc) is 2.19. The SMILES string of the molecule is CCCC(C)(CC)c1ccc(C)cn1. The first-order chi connectivity index (χ1) is 6.62. The van der Waals surface area contributed by atoms with Crippen molar-refractivity contribution in [2.45, 2.75) is 52.4 Å². The summed E-state index contributed by atoms with van der Waals surface area (Å²) < 4.78 is 0. The van der Waals surface area contributed by atoms with Crippen LogP contribution in [0, 0.1) is 6.92 Å². The van der Waals surface area contributed by atoms with Crippen LogP contribution in [0.15, 0.2) is 18.3 Å². The van der Waals surface area contributed by atoms with Crippen molar-refractivity contribution in [1.82, 2.24) is 4.98 Å². The maximum atomic E-state index is 4.54. The maximum absolute atomic E-state index is 4.54. The second-order valence-corrected chi connectivity index (χ2v) is 4.39. The highest BCUT2D eigenvalue weighted by Crippen LogP contribution is 2.30. The zero-order chi connectivity index (χ0) is 10.6. The van der Waals surface area contributed by atoms with Gasteiger partial charge in [0.15, 0.2) is 0 Å². The van der Waals surface area contributed by atoms with Gasteiger partial charge in [0.1, 0.15) is 0 Å². The van der Waals surface area contributed by atoms with Crippen molar-refractivity contribution in [3.8, 4) is 0 Å². The van der Waals surface area contributed by atoms with E-state index in [1.54, 1.807) is 0 Å². The van der Waals surface area contributed by atoms with Gasteiger partial charge in [0, 0.05) is 17.3 Å². The first-order valence-corrected chi connectivity index (χ1v) is 5.55. The van der Waals surface area contributed by atoms with Gasteiger partial charge in [0.2, 0.25) is 0 Å². The van der Waals surface area contributed by atoms with Crippen LogP contribution in [-0.2, 0) is 5.41 Å². The molecule has 0 bridgehead atoms.